The number of ketones is 1. The number of amides is 1. The van der Waals surface area contributed by atoms with Crippen molar-refractivity contribution in [2.24, 2.45) is 0 Å². The molecule has 110 valence electrons. The summed E-state index contributed by atoms with van der Waals surface area (Å²) in [5.41, 5.74) is 1.57. The minimum Gasteiger partial charge on any atom is -0.294 e. The molecule has 0 atom stereocenters. The van der Waals surface area contributed by atoms with Crippen LogP contribution in [0.3, 0.4) is 0 Å². The summed E-state index contributed by atoms with van der Waals surface area (Å²) in [4.78, 5) is 23.3. The van der Waals surface area contributed by atoms with E-state index < -0.39 is 21.2 Å². The fourth-order valence-electron chi connectivity index (χ4n) is 1.44. The molecule has 0 saturated heterocycles. The lowest BCUT2D eigenvalue weighted by atomic mass is 10.1. The lowest BCUT2D eigenvalue weighted by Crippen LogP contribution is -2.35. The minimum absolute atomic E-state index is 0.0114. The number of carbonyl (C=O) groups is 2. The summed E-state index contributed by atoms with van der Waals surface area (Å²) in [6.07, 6.45) is -0.152. The van der Waals surface area contributed by atoms with Gasteiger partial charge in [-0.25, -0.2) is 8.42 Å². The molecule has 20 heavy (non-hydrogen) atoms. The largest absolute Gasteiger partial charge is 0.294 e. The number of carbonyl (C=O) groups excluding carboxylic acids is 2. The van der Waals surface area contributed by atoms with Crippen molar-refractivity contribution in [1.82, 2.24) is 4.72 Å². The summed E-state index contributed by atoms with van der Waals surface area (Å²) in [5.74, 6) is -0.832. The lowest BCUT2D eigenvalue weighted by molar-refractivity contribution is -0.119. The molecule has 0 bridgehead atoms. The Morgan fingerprint density at radius 2 is 1.65 bits per heavy atom. The van der Waals surface area contributed by atoms with Crippen LogP contribution in [-0.4, -0.2) is 25.4 Å². The smallest absolute Gasteiger partial charge is 0.237 e. The topological polar surface area (TPSA) is 80.3 Å². The van der Waals surface area contributed by atoms with Crippen LogP contribution in [0.1, 0.15) is 42.6 Å². The maximum absolute atomic E-state index is 11.8. The molecule has 0 fully saturated rings. The van der Waals surface area contributed by atoms with Crippen molar-refractivity contribution in [2.45, 2.75) is 38.9 Å². The number of benzene rings is 1. The van der Waals surface area contributed by atoms with Crippen LogP contribution in [-0.2, 0) is 14.8 Å². The Morgan fingerprint density at radius 1 is 1.10 bits per heavy atom. The van der Waals surface area contributed by atoms with Crippen molar-refractivity contribution in [3.8, 4) is 0 Å². The van der Waals surface area contributed by atoms with Gasteiger partial charge in [0, 0.05) is 18.4 Å². The molecule has 0 saturated carbocycles. The standard InChI is InChI=1S/C14H19NO4S/c1-10(2)20(18,19)15-14(17)9-8-13(16)12-6-4-11(3)5-7-12/h4-7,10H,8-9H2,1-3H3,(H,15,17). The molecule has 0 aliphatic heterocycles. The highest BCUT2D eigenvalue weighted by Crippen LogP contribution is 2.08. The molecule has 1 aromatic rings. The molecule has 0 aliphatic carbocycles. The Labute approximate surface area is 119 Å². The first kappa shape index (κ1) is 16.4. The van der Waals surface area contributed by atoms with Crippen LogP contribution in [0.25, 0.3) is 0 Å². The fourth-order valence-corrected chi connectivity index (χ4v) is 2.09. The van der Waals surface area contributed by atoms with Gasteiger partial charge in [0.2, 0.25) is 15.9 Å². The van der Waals surface area contributed by atoms with Gasteiger partial charge < -0.3 is 0 Å². The second-order valence-corrected chi connectivity index (χ2v) is 7.15. The molecule has 0 unspecified atom stereocenters. The van der Waals surface area contributed by atoms with E-state index in [9.17, 15) is 18.0 Å². The van der Waals surface area contributed by atoms with Gasteiger partial charge in [-0.2, -0.15) is 0 Å². The maximum Gasteiger partial charge on any atom is 0.237 e. The van der Waals surface area contributed by atoms with Crippen LogP contribution < -0.4 is 4.72 Å². The van der Waals surface area contributed by atoms with E-state index in [-0.39, 0.29) is 18.6 Å². The lowest BCUT2D eigenvalue weighted by Gasteiger charge is -2.09. The number of rotatable bonds is 6. The summed E-state index contributed by atoms with van der Waals surface area (Å²) in [6.45, 7) is 4.87. The predicted molar refractivity (Wildman–Crippen MR) is 76.9 cm³/mol. The quantitative estimate of drug-likeness (QED) is 0.812. The minimum atomic E-state index is -3.63. The number of sulfonamides is 1. The molecule has 5 nitrogen and oxygen atoms in total. The SMILES string of the molecule is Cc1ccc(C(=O)CCC(=O)NS(=O)(=O)C(C)C)cc1. The second-order valence-electron chi connectivity index (χ2n) is 4.91. The highest BCUT2D eigenvalue weighted by atomic mass is 32.2. The molecule has 0 aromatic heterocycles. The van der Waals surface area contributed by atoms with Gasteiger partial charge in [0.1, 0.15) is 0 Å². The molecule has 0 heterocycles. The normalized spacial score (nSPS) is 11.4. The number of nitrogens with one attached hydrogen (secondary N) is 1. The van der Waals surface area contributed by atoms with Gasteiger partial charge >= 0.3 is 0 Å². The summed E-state index contributed by atoms with van der Waals surface area (Å²) in [6, 6.07) is 7.02. The van der Waals surface area contributed by atoms with Crippen LogP contribution >= 0.6 is 0 Å². The Morgan fingerprint density at radius 3 is 2.15 bits per heavy atom. The van der Waals surface area contributed by atoms with Gasteiger partial charge in [0.15, 0.2) is 5.78 Å². The van der Waals surface area contributed by atoms with Crippen molar-refractivity contribution < 1.29 is 18.0 Å². The van der Waals surface area contributed by atoms with Crippen LogP contribution in [0.2, 0.25) is 0 Å². The zero-order valence-corrected chi connectivity index (χ0v) is 12.7. The highest BCUT2D eigenvalue weighted by Gasteiger charge is 2.19. The van der Waals surface area contributed by atoms with E-state index in [1.54, 1.807) is 12.1 Å². The third kappa shape index (κ3) is 4.77. The molecule has 0 spiro atoms. The first-order valence-corrected chi connectivity index (χ1v) is 7.91. The molecule has 6 heteroatoms. The van der Waals surface area contributed by atoms with Gasteiger partial charge in [-0.1, -0.05) is 29.8 Å². The third-order valence-electron chi connectivity index (χ3n) is 2.83. The van der Waals surface area contributed by atoms with Gasteiger partial charge in [-0.05, 0) is 20.8 Å². The van der Waals surface area contributed by atoms with Crippen molar-refractivity contribution >= 4 is 21.7 Å². The summed E-state index contributed by atoms with van der Waals surface area (Å²) >= 11 is 0. The average molecular weight is 297 g/mol. The van der Waals surface area contributed by atoms with Crippen LogP contribution in [0.4, 0.5) is 0 Å². The van der Waals surface area contributed by atoms with E-state index in [4.69, 9.17) is 0 Å². The Kier molecular flexibility index (Phi) is 5.44. The monoisotopic (exact) mass is 297 g/mol. The highest BCUT2D eigenvalue weighted by molar-refractivity contribution is 7.90. The van der Waals surface area contributed by atoms with Gasteiger partial charge in [0.25, 0.3) is 0 Å². The molecular formula is C14H19NO4S. The van der Waals surface area contributed by atoms with Crippen LogP contribution in [0, 0.1) is 6.92 Å². The number of hydrogen-bond acceptors (Lipinski definition) is 4. The molecule has 1 amide bonds. The number of aryl methyl sites for hydroxylation is 1. The van der Waals surface area contributed by atoms with E-state index in [2.05, 4.69) is 0 Å². The summed E-state index contributed by atoms with van der Waals surface area (Å²) in [5, 5.41) is -0.681. The van der Waals surface area contributed by atoms with Crippen molar-refractivity contribution in [1.29, 1.82) is 0 Å². The molecule has 0 radical (unpaired) electrons. The van der Waals surface area contributed by atoms with E-state index in [1.165, 1.54) is 13.8 Å². The zero-order chi connectivity index (χ0) is 15.3. The van der Waals surface area contributed by atoms with Gasteiger partial charge in [-0.3, -0.25) is 14.3 Å². The predicted octanol–water partition coefficient (Wildman–Crippen LogP) is 1.81. The molecule has 0 aliphatic rings. The van der Waals surface area contributed by atoms with Gasteiger partial charge in [-0.15, -0.1) is 0 Å². The Hall–Kier alpha value is -1.69. The molecule has 1 rings (SSSR count). The van der Waals surface area contributed by atoms with Crippen molar-refractivity contribution in [3.63, 3.8) is 0 Å². The van der Waals surface area contributed by atoms with Gasteiger partial charge in [0.05, 0.1) is 5.25 Å². The molecular weight excluding hydrogens is 278 g/mol. The first-order chi connectivity index (χ1) is 9.22. The van der Waals surface area contributed by atoms with Crippen LogP contribution in [0.5, 0.6) is 0 Å². The van der Waals surface area contributed by atoms with E-state index in [1.807, 2.05) is 23.8 Å². The Bertz CT molecular complexity index is 588. The van der Waals surface area contributed by atoms with Crippen molar-refractivity contribution in [3.05, 3.63) is 35.4 Å². The average Bonchev–Trinajstić information content (AvgIpc) is 2.36. The molecule has 1 N–H and O–H groups in total. The van der Waals surface area contributed by atoms with Crippen molar-refractivity contribution in [2.75, 3.05) is 0 Å². The number of Topliss-reactive ketones (excluding diaryl/α,β-unsaturated/α-hetero) is 1. The Balaban J connectivity index is 2.53. The van der Waals surface area contributed by atoms with E-state index in [0.717, 1.165) is 5.56 Å². The zero-order valence-electron chi connectivity index (χ0n) is 11.8. The second kappa shape index (κ2) is 6.65. The van der Waals surface area contributed by atoms with E-state index in [0.29, 0.717) is 5.56 Å². The molecule has 1 aromatic carbocycles. The first-order valence-electron chi connectivity index (χ1n) is 6.36. The van der Waals surface area contributed by atoms with E-state index >= 15 is 0 Å². The fraction of sp³-hybridized carbons (Fsp3) is 0.429. The third-order valence-corrected chi connectivity index (χ3v) is 4.58. The summed E-state index contributed by atoms with van der Waals surface area (Å²) < 4.78 is 24.9. The number of hydrogen-bond donors (Lipinski definition) is 1. The maximum atomic E-state index is 11.8. The summed E-state index contributed by atoms with van der Waals surface area (Å²) in [7, 11) is -3.63. The van der Waals surface area contributed by atoms with Crippen LogP contribution in [0.15, 0.2) is 24.3 Å².